The van der Waals surface area contributed by atoms with Gasteiger partial charge in [0.15, 0.2) is 0 Å². The summed E-state index contributed by atoms with van der Waals surface area (Å²) in [6.07, 6.45) is 0. The summed E-state index contributed by atoms with van der Waals surface area (Å²) in [6, 6.07) is 8.88. The molecule has 0 unspecified atom stereocenters. The van der Waals surface area contributed by atoms with E-state index in [1.807, 2.05) is 0 Å². The first-order valence-electron chi connectivity index (χ1n) is 5.51. The van der Waals surface area contributed by atoms with E-state index >= 15 is 0 Å². The van der Waals surface area contributed by atoms with Crippen LogP contribution in [0, 0.1) is 0 Å². The molecule has 1 aliphatic heterocycles. The van der Waals surface area contributed by atoms with Crippen LogP contribution in [0.15, 0.2) is 28.7 Å². The number of halogens is 1. The summed E-state index contributed by atoms with van der Waals surface area (Å²) in [7, 11) is -0.587. The van der Waals surface area contributed by atoms with Crippen molar-refractivity contribution < 1.29 is 4.21 Å². The van der Waals surface area contributed by atoms with Crippen LogP contribution in [-0.2, 0) is 10.8 Å². The Morgan fingerprint density at radius 3 is 2.38 bits per heavy atom. The molecule has 2 nitrogen and oxygen atoms in total. The highest BCUT2D eigenvalue weighted by atomic mass is 79.9. The van der Waals surface area contributed by atoms with Gasteiger partial charge in [-0.3, -0.25) is 9.11 Å². The van der Waals surface area contributed by atoms with Gasteiger partial charge in [-0.2, -0.15) is 0 Å². The van der Waals surface area contributed by atoms with Crippen molar-refractivity contribution in [3.63, 3.8) is 0 Å². The molecule has 0 amide bonds. The predicted octanol–water partition coefficient (Wildman–Crippen LogP) is 2.57. The second kappa shape index (κ2) is 5.43. The molecule has 16 heavy (non-hydrogen) atoms. The fourth-order valence-electron chi connectivity index (χ4n) is 1.99. The minimum absolute atomic E-state index is 0.422. The van der Waals surface area contributed by atoms with Crippen LogP contribution in [0.5, 0.6) is 0 Å². The van der Waals surface area contributed by atoms with Crippen molar-refractivity contribution in [2.24, 2.45) is 0 Å². The largest absolute Gasteiger partial charge is 0.295 e. The zero-order valence-electron chi connectivity index (χ0n) is 9.36. The first-order chi connectivity index (χ1) is 7.66. The van der Waals surface area contributed by atoms with E-state index in [2.05, 4.69) is 52.0 Å². The van der Waals surface area contributed by atoms with Gasteiger partial charge in [0.25, 0.3) is 0 Å². The zero-order chi connectivity index (χ0) is 11.5. The Morgan fingerprint density at radius 2 is 1.81 bits per heavy atom. The molecule has 1 aromatic rings. The summed E-state index contributed by atoms with van der Waals surface area (Å²) in [5, 5.41) is 0. The lowest BCUT2D eigenvalue weighted by atomic mass is 10.1. The van der Waals surface area contributed by atoms with E-state index in [0.29, 0.717) is 6.04 Å². The second-order valence-electron chi connectivity index (χ2n) is 4.11. The SMILES string of the molecule is C[C@H](c1ccc(Br)cc1)N1CCS(=O)CC1. The Labute approximate surface area is 108 Å². The smallest absolute Gasteiger partial charge is 0.0363 e. The van der Waals surface area contributed by atoms with Crippen LogP contribution in [-0.4, -0.2) is 33.7 Å². The number of nitrogens with zero attached hydrogens (tertiary/aromatic N) is 1. The van der Waals surface area contributed by atoms with E-state index in [9.17, 15) is 4.21 Å². The first kappa shape index (κ1) is 12.3. The average molecular weight is 302 g/mol. The van der Waals surface area contributed by atoms with Gasteiger partial charge in [-0.05, 0) is 24.6 Å². The molecule has 0 spiro atoms. The molecule has 0 bridgehead atoms. The van der Waals surface area contributed by atoms with Gasteiger partial charge in [-0.15, -0.1) is 0 Å². The summed E-state index contributed by atoms with van der Waals surface area (Å²) in [4.78, 5) is 2.41. The molecule has 0 aliphatic carbocycles. The van der Waals surface area contributed by atoms with Crippen LogP contribution in [0.3, 0.4) is 0 Å². The van der Waals surface area contributed by atoms with E-state index < -0.39 is 10.8 Å². The third kappa shape index (κ3) is 2.93. The normalized spacial score (nSPS) is 20.9. The van der Waals surface area contributed by atoms with Crippen LogP contribution < -0.4 is 0 Å². The molecule has 0 aromatic heterocycles. The van der Waals surface area contributed by atoms with Gasteiger partial charge in [0.2, 0.25) is 0 Å². The third-order valence-corrected chi connectivity index (χ3v) is 4.92. The van der Waals surface area contributed by atoms with Gasteiger partial charge in [0.05, 0.1) is 0 Å². The molecule has 1 atom stereocenters. The monoisotopic (exact) mass is 301 g/mol. The van der Waals surface area contributed by atoms with Crippen LogP contribution in [0.2, 0.25) is 0 Å². The van der Waals surface area contributed by atoms with Gasteiger partial charge < -0.3 is 0 Å². The highest BCUT2D eigenvalue weighted by Crippen LogP contribution is 2.23. The Hall–Kier alpha value is -0.190. The Morgan fingerprint density at radius 1 is 1.25 bits per heavy atom. The Balaban J connectivity index is 2.04. The first-order valence-corrected chi connectivity index (χ1v) is 7.79. The molecule has 1 aromatic carbocycles. The van der Waals surface area contributed by atoms with Crippen LogP contribution >= 0.6 is 15.9 Å². The molecule has 0 saturated carbocycles. The third-order valence-electron chi connectivity index (χ3n) is 3.11. The maximum Gasteiger partial charge on any atom is 0.0363 e. The number of hydrogen-bond donors (Lipinski definition) is 0. The van der Waals surface area contributed by atoms with Crippen molar-refractivity contribution in [1.29, 1.82) is 0 Å². The molecule has 0 N–H and O–H groups in total. The summed E-state index contributed by atoms with van der Waals surface area (Å²) in [5.41, 5.74) is 1.33. The molecule has 1 aliphatic rings. The molecule has 1 heterocycles. The highest BCUT2D eigenvalue weighted by Gasteiger charge is 2.20. The van der Waals surface area contributed by atoms with Crippen molar-refractivity contribution >= 4 is 26.7 Å². The van der Waals surface area contributed by atoms with Gasteiger partial charge in [-0.1, -0.05) is 28.1 Å². The molecule has 1 saturated heterocycles. The summed E-state index contributed by atoms with van der Waals surface area (Å²) in [5.74, 6) is 1.64. The van der Waals surface area contributed by atoms with Crippen molar-refractivity contribution in [3.8, 4) is 0 Å². The molecule has 2 rings (SSSR count). The molecule has 1 fully saturated rings. The fourth-order valence-corrected chi connectivity index (χ4v) is 3.34. The highest BCUT2D eigenvalue weighted by molar-refractivity contribution is 9.10. The van der Waals surface area contributed by atoms with Crippen LogP contribution in [0.1, 0.15) is 18.5 Å². The van der Waals surface area contributed by atoms with E-state index in [1.165, 1.54) is 5.56 Å². The lowest BCUT2D eigenvalue weighted by molar-refractivity contribution is 0.231. The summed E-state index contributed by atoms with van der Waals surface area (Å²) in [6.45, 7) is 4.12. The molecular weight excluding hydrogens is 286 g/mol. The molecule has 0 radical (unpaired) electrons. The fraction of sp³-hybridized carbons (Fsp3) is 0.500. The number of benzene rings is 1. The maximum atomic E-state index is 11.3. The average Bonchev–Trinajstić information content (AvgIpc) is 2.30. The zero-order valence-corrected chi connectivity index (χ0v) is 11.8. The van der Waals surface area contributed by atoms with Gasteiger partial charge in [0.1, 0.15) is 0 Å². The lowest BCUT2D eigenvalue weighted by Gasteiger charge is -2.32. The van der Waals surface area contributed by atoms with Crippen LogP contribution in [0.25, 0.3) is 0 Å². The lowest BCUT2D eigenvalue weighted by Crippen LogP contribution is -2.39. The standard InChI is InChI=1S/C12H16BrNOS/c1-10(11-2-4-12(13)5-3-11)14-6-8-16(15)9-7-14/h2-5,10H,6-9H2,1H3/t10-/m1/s1. The minimum Gasteiger partial charge on any atom is -0.295 e. The topological polar surface area (TPSA) is 20.3 Å². The molecular formula is C12H16BrNOS. The van der Waals surface area contributed by atoms with E-state index in [4.69, 9.17) is 0 Å². The Kier molecular flexibility index (Phi) is 4.16. The van der Waals surface area contributed by atoms with Crippen molar-refractivity contribution in [3.05, 3.63) is 34.3 Å². The second-order valence-corrected chi connectivity index (χ2v) is 6.72. The molecule has 88 valence electrons. The molecule has 4 heteroatoms. The minimum atomic E-state index is -0.587. The summed E-state index contributed by atoms with van der Waals surface area (Å²) >= 11 is 3.44. The van der Waals surface area contributed by atoms with Gasteiger partial charge >= 0.3 is 0 Å². The van der Waals surface area contributed by atoms with Crippen molar-refractivity contribution in [2.75, 3.05) is 24.6 Å². The van der Waals surface area contributed by atoms with Gasteiger partial charge in [0, 0.05) is 45.9 Å². The van der Waals surface area contributed by atoms with Crippen molar-refractivity contribution in [2.45, 2.75) is 13.0 Å². The summed E-state index contributed by atoms with van der Waals surface area (Å²) < 4.78 is 12.4. The Bertz CT molecular complexity index is 369. The van der Waals surface area contributed by atoms with E-state index in [-0.39, 0.29) is 0 Å². The van der Waals surface area contributed by atoms with Gasteiger partial charge in [-0.25, -0.2) is 0 Å². The maximum absolute atomic E-state index is 11.3. The quantitative estimate of drug-likeness (QED) is 0.837. The van der Waals surface area contributed by atoms with E-state index in [1.54, 1.807) is 0 Å². The predicted molar refractivity (Wildman–Crippen MR) is 72.0 cm³/mol. The van der Waals surface area contributed by atoms with E-state index in [0.717, 1.165) is 29.1 Å². The van der Waals surface area contributed by atoms with Crippen molar-refractivity contribution in [1.82, 2.24) is 4.90 Å². The number of hydrogen-bond acceptors (Lipinski definition) is 2. The number of rotatable bonds is 2. The van der Waals surface area contributed by atoms with Crippen LogP contribution in [0.4, 0.5) is 0 Å².